The zero-order valence-electron chi connectivity index (χ0n) is 15.0. The Morgan fingerprint density at radius 3 is 2.44 bits per heavy atom. The number of hydrogen-bond acceptors (Lipinski definition) is 5. The molecule has 8 heteroatoms. The zero-order valence-corrected chi connectivity index (χ0v) is 18.2. The normalized spacial score (nSPS) is 14.8. The molecule has 0 radical (unpaired) electrons. The van der Waals surface area contributed by atoms with E-state index in [1.54, 1.807) is 18.3 Å². The Labute approximate surface area is 175 Å². The van der Waals surface area contributed by atoms with Crippen molar-refractivity contribution >= 4 is 60.8 Å². The third kappa shape index (κ3) is 3.56. The van der Waals surface area contributed by atoms with Crippen molar-refractivity contribution in [1.29, 1.82) is 0 Å². The van der Waals surface area contributed by atoms with E-state index in [1.165, 1.54) is 4.88 Å². The van der Waals surface area contributed by atoms with Gasteiger partial charge >= 0.3 is 0 Å². The summed E-state index contributed by atoms with van der Waals surface area (Å²) >= 11 is 11.4. The first-order valence-electron chi connectivity index (χ1n) is 8.67. The molecule has 140 valence electrons. The number of carbonyl (C=O) groups is 1. The molecule has 0 N–H and O–H groups in total. The number of anilines is 1. The van der Waals surface area contributed by atoms with E-state index in [1.807, 2.05) is 17.0 Å². The highest BCUT2D eigenvalue weighted by Gasteiger charge is 2.25. The third-order valence-corrected chi connectivity index (χ3v) is 6.54. The van der Waals surface area contributed by atoms with Gasteiger partial charge in [0.15, 0.2) is 0 Å². The van der Waals surface area contributed by atoms with Crippen LogP contribution in [0.2, 0.25) is 5.28 Å². The molecule has 0 bridgehead atoms. The van der Waals surface area contributed by atoms with Crippen molar-refractivity contribution < 1.29 is 4.79 Å². The Morgan fingerprint density at radius 2 is 1.81 bits per heavy atom. The van der Waals surface area contributed by atoms with E-state index in [2.05, 4.69) is 49.9 Å². The van der Waals surface area contributed by atoms with E-state index in [0.717, 1.165) is 44.7 Å². The van der Waals surface area contributed by atoms with E-state index < -0.39 is 0 Å². The molecule has 1 amide bonds. The predicted molar refractivity (Wildman–Crippen MR) is 115 cm³/mol. The van der Waals surface area contributed by atoms with Gasteiger partial charge in [-0.05, 0) is 36.2 Å². The van der Waals surface area contributed by atoms with Gasteiger partial charge in [-0.1, -0.05) is 28.1 Å². The molecular weight excluding hydrogens is 448 g/mol. The van der Waals surface area contributed by atoms with Gasteiger partial charge in [0.25, 0.3) is 0 Å². The molecule has 1 aliphatic heterocycles. The van der Waals surface area contributed by atoms with E-state index in [-0.39, 0.29) is 11.2 Å². The molecule has 3 aromatic rings. The molecule has 0 atom stereocenters. The highest BCUT2D eigenvalue weighted by atomic mass is 79.9. The number of piperazine rings is 1. The largest absolute Gasteiger partial charge is 0.352 e. The number of thiophene rings is 1. The maximum Gasteiger partial charge on any atom is 0.225 e. The van der Waals surface area contributed by atoms with Crippen LogP contribution in [0.4, 0.5) is 5.82 Å². The molecule has 0 aliphatic carbocycles. The van der Waals surface area contributed by atoms with Crippen LogP contribution >= 0.6 is 38.9 Å². The van der Waals surface area contributed by atoms with Gasteiger partial charge in [-0.2, -0.15) is 4.98 Å². The number of benzene rings is 1. The highest BCUT2D eigenvalue weighted by Crippen LogP contribution is 2.42. The Hall–Kier alpha value is -1.70. The van der Waals surface area contributed by atoms with Crippen molar-refractivity contribution in [2.75, 3.05) is 31.1 Å². The first-order chi connectivity index (χ1) is 12.9. The fourth-order valence-electron chi connectivity index (χ4n) is 3.49. The minimum atomic E-state index is 0.113. The molecule has 0 saturated carbocycles. The molecule has 0 unspecified atom stereocenters. The summed E-state index contributed by atoms with van der Waals surface area (Å²) in [4.78, 5) is 26.9. The van der Waals surface area contributed by atoms with Crippen LogP contribution in [0, 0.1) is 6.92 Å². The summed E-state index contributed by atoms with van der Waals surface area (Å²) in [5, 5.41) is 1.30. The molecule has 5 nitrogen and oxygen atoms in total. The van der Waals surface area contributed by atoms with Gasteiger partial charge < -0.3 is 9.80 Å². The van der Waals surface area contributed by atoms with Crippen molar-refractivity contribution in [3.63, 3.8) is 0 Å². The summed E-state index contributed by atoms with van der Waals surface area (Å²) in [6.45, 7) is 6.57. The number of aryl methyl sites for hydroxylation is 1. The fraction of sp³-hybridized carbons (Fsp3) is 0.316. The van der Waals surface area contributed by atoms with Crippen LogP contribution in [0.5, 0.6) is 0 Å². The predicted octanol–water partition coefficient (Wildman–Crippen LogP) is 4.75. The number of amides is 1. The number of carbonyl (C=O) groups excluding carboxylic acids is 1. The minimum absolute atomic E-state index is 0.113. The number of hydrogen-bond donors (Lipinski definition) is 0. The summed E-state index contributed by atoms with van der Waals surface area (Å²) < 4.78 is 1.04. The quantitative estimate of drug-likeness (QED) is 0.512. The number of rotatable bonds is 2. The van der Waals surface area contributed by atoms with Crippen LogP contribution in [-0.4, -0.2) is 47.0 Å². The highest BCUT2D eigenvalue weighted by molar-refractivity contribution is 9.10. The maximum absolute atomic E-state index is 11.6. The van der Waals surface area contributed by atoms with Crippen molar-refractivity contribution in [2.24, 2.45) is 0 Å². The van der Waals surface area contributed by atoms with Gasteiger partial charge in [-0.25, -0.2) is 4.98 Å². The van der Waals surface area contributed by atoms with Crippen LogP contribution in [0.1, 0.15) is 11.8 Å². The number of aromatic nitrogens is 2. The zero-order chi connectivity index (χ0) is 19.1. The summed E-state index contributed by atoms with van der Waals surface area (Å²) in [5.74, 6) is 0.970. The summed E-state index contributed by atoms with van der Waals surface area (Å²) in [7, 11) is 0. The third-order valence-electron chi connectivity index (χ3n) is 4.84. The van der Waals surface area contributed by atoms with E-state index in [9.17, 15) is 4.79 Å². The van der Waals surface area contributed by atoms with Gasteiger partial charge in [-0.15, -0.1) is 11.3 Å². The molecule has 1 aliphatic rings. The first-order valence-corrected chi connectivity index (χ1v) is 10.7. The molecule has 0 spiro atoms. The molecule has 1 aromatic carbocycles. The lowest BCUT2D eigenvalue weighted by Crippen LogP contribution is -2.48. The van der Waals surface area contributed by atoms with Gasteiger partial charge in [0.05, 0.1) is 5.39 Å². The lowest BCUT2D eigenvalue weighted by molar-refractivity contribution is -0.129. The Kier molecular flexibility index (Phi) is 5.09. The van der Waals surface area contributed by atoms with Gasteiger partial charge in [0.2, 0.25) is 11.2 Å². The van der Waals surface area contributed by atoms with Crippen LogP contribution in [0.15, 0.2) is 28.7 Å². The first kappa shape index (κ1) is 18.7. The molecule has 4 rings (SSSR count). The Balaban J connectivity index is 1.83. The topological polar surface area (TPSA) is 49.3 Å². The van der Waals surface area contributed by atoms with Crippen LogP contribution in [0.25, 0.3) is 21.3 Å². The van der Waals surface area contributed by atoms with E-state index >= 15 is 0 Å². The fourth-order valence-corrected chi connectivity index (χ4v) is 5.01. The lowest BCUT2D eigenvalue weighted by atomic mass is 10.0. The second kappa shape index (κ2) is 7.37. The summed E-state index contributed by atoms with van der Waals surface area (Å²) in [5.41, 5.74) is 2.29. The molecule has 1 fully saturated rings. The minimum Gasteiger partial charge on any atom is -0.352 e. The van der Waals surface area contributed by atoms with Gasteiger partial charge in [-0.3, -0.25) is 4.79 Å². The second-order valence-electron chi connectivity index (χ2n) is 6.53. The lowest BCUT2D eigenvalue weighted by Gasteiger charge is -2.35. The van der Waals surface area contributed by atoms with Crippen molar-refractivity contribution in [3.05, 3.63) is 38.9 Å². The standard InChI is InChI=1S/C19H18BrClN4OS/c1-11-15(13-3-5-14(20)6-4-13)16-17(22-19(21)23-18(16)27-11)25-9-7-24(8-10-25)12(2)26/h3-6H,7-10H2,1-2H3. The van der Waals surface area contributed by atoms with Crippen LogP contribution in [0.3, 0.4) is 0 Å². The summed E-state index contributed by atoms with van der Waals surface area (Å²) in [6, 6.07) is 8.29. The number of nitrogens with zero attached hydrogens (tertiary/aromatic N) is 4. The maximum atomic E-state index is 11.6. The average molecular weight is 466 g/mol. The van der Waals surface area contributed by atoms with Crippen LogP contribution in [-0.2, 0) is 4.79 Å². The Bertz CT molecular complexity index is 1010. The van der Waals surface area contributed by atoms with Crippen LogP contribution < -0.4 is 4.90 Å². The second-order valence-corrected chi connectivity index (χ2v) is 8.99. The van der Waals surface area contributed by atoms with Crippen molar-refractivity contribution in [3.8, 4) is 11.1 Å². The van der Waals surface area contributed by atoms with E-state index in [0.29, 0.717) is 13.1 Å². The molecule has 27 heavy (non-hydrogen) atoms. The van der Waals surface area contributed by atoms with Crippen molar-refractivity contribution in [2.45, 2.75) is 13.8 Å². The van der Waals surface area contributed by atoms with Crippen molar-refractivity contribution in [1.82, 2.24) is 14.9 Å². The molecule has 3 heterocycles. The van der Waals surface area contributed by atoms with E-state index in [4.69, 9.17) is 11.6 Å². The molecule has 2 aromatic heterocycles. The Morgan fingerprint density at radius 1 is 1.15 bits per heavy atom. The number of fused-ring (bicyclic) bond motifs is 1. The molecule has 1 saturated heterocycles. The van der Waals surface area contributed by atoms with Gasteiger partial charge in [0.1, 0.15) is 10.6 Å². The average Bonchev–Trinajstić information content (AvgIpc) is 2.97. The summed E-state index contributed by atoms with van der Waals surface area (Å²) in [6.07, 6.45) is 0. The monoisotopic (exact) mass is 464 g/mol. The van der Waals surface area contributed by atoms with Gasteiger partial charge in [0, 0.05) is 48.0 Å². The SMILES string of the molecule is CC(=O)N1CCN(c2nc(Cl)nc3sc(C)c(-c4ccc(Br)cc4)c23)CC1. The molecular formula is C19H18BrClN4OS. The smallest absolute Gasteiger partial charge is 0.225 e. The number of halogens is 2.